The number of H-pyrrole nitrogens is 1. The van der Waals surface area contributed by atoms with Gasteiger partial charge < -0.3 is 58.7 Å². The van der Waals surface area contributed by atoms with Gasteiger partial charge in [0.25, 0.3) is 0 Å². The van der Waals surface area contributed by atoms with Gasteiger partial charge in [-0.2, -0.15) is 5.10 Å². The first-order valence-corrected chi connectivity index (χ1v) is 20.0. The lowest BCUT2D eigenvalue weighted by atomic mass is 9.81. The summed E-state index contributed by atoms with van der Waals surface area (Å²) < 4.78 is 37.5. The van der Waals surface area contributed by atoms with E-state index in [1.807, 2.05) is 27.7 Å². The van der Waals surface area contributed by atoms with Gasteiger partial charge in [-0.1, -0.05) is 51.4 Å². The number of rotatable bonds is 8. The summed E-state index contributed by atoms with van der Waals surface area (Å²) in [4.78, 5) is 56.3. The minimum atomic E-state index is -1.38. The molecule has 1 aromatic carbocycles. The van der Waals surface area contributed by atoms with Gasteiger partial charge in [0.2, 0.25) is 0 Å². The number of carboxylic acids is 1. The van der Waals surface area contributed by atoms with Crippen molar-refractivity contribution in [2.24, 2.45) is 23.7 Å². The molecule has 3 saturated heterocycles. The topological polar surface area (TPSA) is 280 Å². The third-order valence-corrected chi connectivity index (χ3v) is 11.0. The number of benzene rings is 1. The molecule has 5 rings (SSSR count). The summed E-state index contributed by atoms with van der Waals surface area (Å²) in [6.45, 7) is 12.9. The Morgan fingerprint density at radius 3 is 1.65 bits per heavy atom. The van der Waals surface area contributed by atoms with E-state index in [2.05, 4.69) is 33.9 Å². The van der Waals surface area contributed by atoms with E-state index in [0.29, 0.717) is 16.5 Å². The first-order chi connectivity index (χ1) is 29.6. The van der Waals surface area contributed by atoms with Crippen molar-refractivity contribution in [2.45, 2.75) is 123 Å². The van der Waals surface area contributed by atoms with Crippen LogP contribution in [-0.4, -0.2) is 153 Å². The van der Waals surface area contributed by atoms with E-state index in [4.69, 9.17) is 51.1 Å². The number of aromatic amines is 1. The highest BCUT2D eigenvalue weighted by Gasteiger charge is 2.45. The molecule has 2 aromatic rings. The zero-order chi connectivity index (χ0) is 47.3. The number of aromatic nitrogens is 2. The van der Waals surface area contributed by atoms with E-state index in [1.54, 1.807) is 0 Å². The maximum absolute atomic E-state index is 11.7. The molecule has 0 bridgehead atoms. The number of terminal acetylenes is 2. The third kappa shape index (κ3) is 14.0. The monoisotopic (exact) mass is 884 g/mol. The average Bonchev–Trinajstić information content (AvgIpc) is 3.72. The number of fused-ring (bicyclic) bond motifs is 1. The molecule has 19 nitrogen and oxygen atoms in total. The number of nitrogens with one attached hydrogen (secondary N) is 1. The molecule has 6 N–H and O–H groups in total. The molecule has 344 valence electrons. The molecule has 3 fully saturated rings. The third-order valence-electron chi connectivity index (χ3n) is 11.0. The molecule has 63 heavy (non-hydrogen) atoms. The Hall–Kier alpha value is -5.56. The smallest absolute Gasteiger partial charge is 0.335 e. The van der Waals surface area contributed by atoms with Crippen molar-refractivity contribution in [2.75, 3.05) is 19.8 Å². The van der Waals surface area contributed by atoms with Gasteiger partial charge in [0.1, 0.15) is 55.9 Å². The minimum absolute atomic E-state index is 0.0271. The molecule has 1 aromatic heterocycles. The number of aliphatic hydroxyl groups excluding tert-OH is 4. The highest BCUT2D eigenvalue weighted by Crippen LogP contribution is 2.34. The van der Waals surface area contributed by atoms with E-state index < -0.39 is 85.6 Å². The molecule has 0 spiro atoms. The van der Waals surface area contributed by atoms with Gasteiger partial charge in [0, 0.05) is 44.9 Å². The number of nitrogens with zero attached hydrogens (tertiary/aromatic N) is 1. The highest BCUT2D eigenvalue weighted by atomic mass is 16.6. The molecule has 4 heterocycles. The van der Waals surface area contributed by atoms with Crippen molar-refractivity contribution >= 4 is 40.7 Å². The van der Waals surface area contributed by atoms with Crippen LogP contribution in [0, 0.1) is 60.2 Å². The number of hydrogen-bond donors (Lipinski definition) is 6. The van der Waals surface area contributed by atoms with Crippen LogP contribution in [0.5, 0.6) is 0 Å². The second-order valence-electron chi connectivity index (χ2n) is 15.4. The average molecular weight is 885 g/mol. The number of carboxylic acid groups (broad SMARTS) is 1. The Bertz CT molecular complexity index is 2060. The number of carbonyl (C=O) groups excluding carboxylic acids is 4. The molecule has 3 aliphatic heterocycles. The Labute approximate surface area is 365 Å². The van der Waals surface area contributed by atoms with Gasteiger partial charge in [-0.15, -0.1) is 12.8 Å². The molecule has 0 aliphatic carbocycles. The first-order valence-electron chi connectivity index (χ1n) is 20.0. The molecular formula is C44H56N2O17. The number of carbonyl (C=O) groups is 5. The highest BCUT2D eigenvalue weighted by molar-refractivity contribution is 5.95. The van der Waals surface area contributed by atoms with Crippen molar-refractivity contribution in [3.8, 4) is 36.5 Å². The van der Waals surface area contributed by atoms with Crippen LogP contribution in [-0.2, 0) is 52.3 Å². The lowest BCUT2D eigenvalue weighted by Crippen LogP contribution is -2.58. The van der Waals surface area contributed by atoms with Crippen LogP contribution in [0.25, 0.3) is 10.9 Å². The summed E-state index contributed by atoms with van der Waals surface area (Å²) in [6, 6.07) is 2.95. The van der Waals surface area contributed by atoms with Gasteiger partial charge in [0.15, 0.2) is 12.2 Å². The molecule has 19 heteroatoms. The fraction of sp³-hybridized carbons (Fsp3) is 0.591. The fourth-order valence-electron chi connectivity index (χ4n) is 7.03. The van der Waals surface area contributed by atoms with Crippen LogP contribution in [0.2, 0.25) is 0 Å². The summed E-state index contributed by atoms with van der Waals surface area (Å²) in [7, 11) is 0. The number of ether oxygens (including phenoxy) is 7. The molecule has 3 aliphatic rings. The van der Waals surface area contributed by atoms with Crippen molar-refractivity contribution in [3.63, 3.8) is 0 Å². The van der Waals surface area contributed by atoms with E-state index >= 15 is 0 Å². The Morgan fingerprint density at radius 2 is 1.19 bits per heavy atom. The summed E-state index contributed by atoms with van der Waals surface area (Å²) in [5, 5.41) is 53.3. The van der Waals surface area contributed by atoms with Gasteiger partial charge in [0.05, 0.1) is 41.7 Å². The maximum Gasteiger partial charge on any atom is 0.335 e. The van der Waals surface area contributed by atoms with Crippen molar-refractivity contribution in [1.29, 1.82) is 0 Å². The SMILES string of the molecule is C#C[C@H]1O[C@H](CO)[C@@H](O)[C@H](O)[C@@H]1O.C#C[C@H]1O[C@H](COC(C)=O)[C@@H](C)[C@H](C)[C@@H]1OC(C)=O.CC(=O)OC[C@H]1O[C@H](C#Cc2cc(C(=O)O)cc3cn[nH]c23)[C@@H](OC(C)=O)[C@@H](C)[C@@H]1C. The van der Waals surface area contributed by atoms with Crippen LogP contribution in [0.15, 0.2) is 18.3 Å². The fourth-order valence-corrected chi connectivity index (χ4v) is 7.03. The van der Waals surface area contributed by atoms with E-state index in [1.165, 1.54) is 46.0 Å². The molecule has 15 atom stereocenters. The van der Waals surface area contributed by atoms with Crippen molar-refractivity contribution in [3.05, 3.63) is 29.5 Å². The Kier molecular flexibility index (Phi) is 19.5. The minimum Gasteiger partial charge on any atom is -0.478 e. The van der Waals surface area contributed by atoms with E-state index in [9.17, 15) is 44.4 Å². The summed E-state index contributed by atoms with van der Waals surface area (Å²) >= 11 is 0. The van der Waals surface area contributed by atoms with Crippen LogP contribution < -0.4 is 0 Å². The second kappa shape index (κ2) is 23.8. The lowest BCUT2D eigenvalue weighted by Gasteiger charge is -2.42. The van der Waals surface area contributed by atoms with Crippen molar-refractivity contribution < 1.29 is 82.7 Å². The van der Waals surface area contributed by atoms with Gasteiger partial charge in [-0.3, -0.25) is 24.3 Å². The van der Waals surface area contributed by atoms with Crippen LogP contribution >= 0.6 is 0 Å². The number of aliphatic hydroxyl groups is 4. The number of hydrogen-bond acceptors (Lipinski definition) is 17. The first kappa shape index (κ1) is 51.8. The maximum atomic E-state index is 11.7. The normalized spacial score (nSPS) is 32.2. The van der Waals surface area contributed by atoms with Crippen LogP contribution in [0.3, 0.4) is 0 Å². The summed E-state index contributed by atoms with van der Waals surface area (Å²) in [5.74, 6) is 7.76. The number of esters is 4. The van der Waals surface area contributed by atoms with Gasteiger partial charge in [-0.25, -0.2) is 4.79 Å². The standard InChI is InChI=1S/C22H24N2O7.C14H20O5.C8H12O5/c1-11-12(2)21(30-14(4)26)18(31-19(11)10-29-13(3)25)6-5-15-7-16(22(27)28)8-17-9-23-24-20(15)17;1-6-12-14(18-11(5)16)9(3)8(2)13(19-12)7-17-10(4)15;1-2-4-6(10)8(12)7(11)5(3-9)13-4/h7-9,11-12,18-19,21H,10H2,1-4H3,(H,23,24)(H,27,28);1,8-9,12-14H,7H2,2-5H3;1,4-12H,3H2/t11-,12-,18+,19+,21-;8-,9-,12+,13+,14-;4-,5-,6-,7-,8-/m001/s1. The largest absolute Gasteiger partial charge is 0.478 e. The van der Waals surface area contributed by atoms with Crippen LogP contribution in [0.4, 0.5) is 0 Å². The van der Waals surface area contributed by atoms with Gasteiger partial charge in [-0.05, 0) is 24.0 Å². The predicted octanol–water partition coefficient (Wildman–Crippen LogP) is 0.763. The second-order valence-corrected chi connectivity index (χ2v) is 15.4. The van der Waals surface area contributed by atoms with E-state index in [0.717, 1.165) is 0 Å². The van der Waals surface area contributed by atoms with Crippen molar-refractivity contribution in [1.82, 2.24) is 10.2 Å². The van der Waals surface area contributed by atoms with Crippen LogP contribution in [0.1, 0.15) is 71.3 Å². The molecule has 0 saturated carbocycles. The molecule has 0 amide bonds. The number of aromatic carboxylic acids is 1. The van der Waals surface area contributed by atoms with Gasteiger partial charge >= 0.3 is 29.8 Å². The van der Waals surface area contributed by atoms with E-state index in [-0.39, 0.29) is 60.5 Å². The lowest BCUT2D eigenvalue weighted by molar-refractivity contribution is -0.214. The zero-order valence-corrected chi connectivity index (χ0v) is 36.3. The zero-order valence-electron chi connectivity index (χ0n) is 36.3. The molecule has 0 radical (unpaired) electrons. The Balaban J connectivity index is 0.000000280. The summed E-state index contributed by atoms with van der Waals surface area (Å²) in [6.07, 6.45) is 2.78. The molecular weight excluding hydrogens is 828 g/mol. The Morgan fingerprint density at radius 1 is 0.698 bits per heavy atom. The quantitative estimate of drug-likeness (QED) is 0.121. The summed E-state index contributed by atoms with van der Waals surface area (Å²) in [5.41, 5.74) is 1.10. The predicted molar refractivity (Wildman–Crippen MR) is 220 cm³/mol. The molecule has 0 unspecified atom stereocenters.